The lowest BCUT2D eigenvalue weighted by atomic mass is 10.2. The van der Waals surface area contributed by atoms with Crippen LogP contribution in [0.25, 0.3) is 0 Å². The third-order valence-electron chi connectivity index (χ3n) is 3.57. The lowest BCUT2D eigenvalue weighted by molar-refractivity contribution is -0.123. The van der Waals surface area contributed by atoms with Gasteiger partial charge in [-0.2, -0.15) is 5.26 Å². The Bertz CT molecular complexity index is 845. The first-order valence-electron chi connectivity index (χ1n) is 8.94. The summed E-state index contributed by atoms with van der Waals surface area (Å²) in [6.07, 6.45) is 0.117. The van der Waals surface area contributed by atoms with Gasteiger partial charge in [0.25, 0.3) is 5.91 Å². The molecule has 0 aliphatic carbocycles. The molecule has 2 aromatic rings. The number of nitriles is 1. The molecule has 0 spiro atoms. The van der Waals surface area contributed by atoms with Gasteiger partial charge >= 0.3 is 0 Å². The average molecular weight is 447 g/mol. The Kier molecular flexibility index (Phi) is 8.15. The third-order valence-corrected chi connectivity index (χ3v) is 4.16. The average Bonchev–Trinajstić information content (AvgIpc) is 2.66. The summed E-state index contributed by atoms with van der Waals surface area (Å²) in [5.74, 6) is 1.34. The normalized spacial score (nSPS) is 10.3. The summed E-state index contributed by atoms with van der Waals surface area (Å²) < 4.78 is 17.3. The number of nitrogens with one attached hydrogen (secondary N) is 1. The van der Waals surface area contributed by atoms with Gasteiger partial charge in [0.2, 0.25) is 0 Å². The fraction of sp³-hybridized carbons (Fsp3) is 0.333. The van der Waals surface area contributed by atoms with Crippen molar-refractivity contribution in [2.75, 3.05) is 13.2 Å². The van der Waals surface area contributed by atoms with Crippen LogP contribution in [0.15, 0.2) is 40.9 Å². The molecule has 1 N–H and O–H groups in total. The van der Waals surface area contributed by atoms with Gasteiger partial charge in [0.05, 0.1) is 28.8 Å². The van der Waals surface area contributed by atoms with Gasteiger partial charge in [0.1, 0.15) is 5.75 Å². The van der Waals surface area contributed by atoms with Gasteiger partial charge in [-0.25, -0.2) is 0 Å². The van der Waals surface area contributed by atoms with Crippen molar-refractivity contribution in [1.29, 1.82) is 5.26 Å². The second-order valence-electron chi connectivity index (χ2n) is 6.21. The minimum absolute atomic E-state index is 0.117. The zero-order chi connectivity index (χ0) is 20.5. The molecule has 0 saturated heterocycles. The zero-order valence-corrected chi connectivity index (χ0v) is 17.7. The van der Waals surface area contributed by atoms with E-state index >= 15 is 0 Å². The fourth-order valence-corrected chi connectivity index (χ4v) is 2.94. The third kappa shape index (κ3) is 6.46. The number of nitrogens with zero attached hydrogens (tertiary/aromatic N) is 1. The number of hydrogen-bond acceptors (Lipinski definition) is 5. The van der Waals surface area contributed by atoms with Gasteiger partial charge in [-0.3, -0.25) is 4.79 Å². The molecule has 7 heteroatoms. The van der Waals surface area contributed by atoms with Crippen LogP contribution in [0.4, 0.5) is 0 Å². The van der Waals surface area contributed by atoms with E-state index < -0.39 is 0 Å². The maximum absolute atomic E-state index is 12.1. The molecule has 0 heterocycles. The maximum Gasteiger partial charge on any atom is 0.258 e. The molecule has 2 rings (SSSR count). The van der Waals surface area contributed by atoms with Crippen molar-refractivity contribution in [3.8, 4) is 23.3 Å². The minimum atomic E-state index is -0.263. The minimum Gasteiger partial charge on any atom is -0.491 e. The molecule has 0 saturated carbocycles. The molecule has 1 amide bonds. The molecule has 0 aromatic heterocycles. The number of carbonyl (C=O) groups is 1. The molecule has 0 fully saturated rings. The summed E-state index contributed by atoms with van der Waals surface area (Å²) in [5, 5.41) is 11.9. The first kappa shape index (κ1) is 21.6. The van der Waals surface area contributed by atoms with E-state index in [1.165, 1.54) is 0 Å². The maximum atomic E-state index is 12.1. The highest BCUT2D eigenvalue weighted by atomic mass is 79.9. The Morgan fingerprint density at radius 1 is 1.21 bits per heavy atom. The molecule has 0 atom stereocenters. The Morgan fingerprint density at radius 2 is 1.93 bits per heavy atom. The second-order valence-corrected chi connectivity index (χ2v) is 7.06. The van der Waals surface area contributed by atoms with Gasteiger partial charge in [-0.15, -0.1) is 0 Å². The summed E-state index contributed by atoms with van der Waals surface area (Å²) in [7, 11) is 0. The largest absolute Gasteiger partial charge is 0.491 e. The predicted molar refractivity (Wildman–Crippen MR) is 110 cm³/mol. The smallest absolute Gasteiger partial charge is 0.258 e. The molecule has 0 bridgehead atoms. The highest BCUT2D eigenvalue weighted by molar-refractivity contribution is 9.10. The van der Waals surface area contributed by atoms with Crippen LogP contribution in [0.3, 0.4) is 0 Å². The number of carbonyl (C=O) groups excluding carboxylic acids is 1. The predicted octanol–water partition coefficient (Wildman–Crippen LogP) is 4.20. The van der Waals surface area contributed by atoms with Gasteiger partial charge in [-0.1, -0.05) is 12.1 Å². The highest BCUT2D eigenvalue weighted by Gasteiger charge is 2.14. The monoisotopic (exact) mass is 446 g/mol. The van der Waals surface area contributed by atoms with Crippen molar-refractivity contribution in [3.63, 3.8) is 0 Å². The summed E-state index contributed by atoms with van der Waals surface area (Å²) >= 11 is 3.36. The van der Waals surface area contributed by atoms with Crippen LogP contribution in [-0.4, -0.2) is 25.2 Å². The van der Waals surface area contributed by atoms with Crippen LogP contribution in [0.2, 0.25) is 0 Å². The van der Waals surface area contributed by atoms with E-state index in [0.717, 1.165) is 11.3 Å². The Morgan fingerprint density at radius 3 is 2.54 bits per heavy atom. The van der Waals surface area contributed by atoms with Crippen LogP contribution in [0.5, 0.6) is 17.2 Å². The first-order valence-corrected chi connectivity index (χ1v) is 9.73. The highest BCUT2D eigenvalue weighted by Crippen LogP contribution is 2.36. The molecular formula is C21H23BrN2O4. The lowest BCUT2D eigenvalue weighted by Crippen LogP contribution is -2.28. The summed E-state index contributed by atoms with van der Waals surface area (Å²) in [6, 6.07) is 12.8. The SMILES string of the molecule is CCOc1cc(C#N)cc(Br)c1OCC(=O)NCc1ccc(OC(C)C)cc1. The van der Waals surface area contributed by atoms with Crippen molar-refractivity contribution >= 4 is 21.8 Å². The molecule has 0 unspecified atom stereocenters. The van der Waals surface area contributed by atoms with Gasteiger partial charge in [0.15, 0.2) is 18.1 Å². The Balaban J connectivity index is 1.91. The van der Waals surface area contributed by atoms with Crippen molar-refractivity contribution in [1.82, 2.24) is 5.32 Å². The molecule has 0 radical (unpaired) electrons. The van der Waals surface area contributed by atoms with E-state index in [-0.39, 0.29) is 18.6 Å². The number of amides is 1. The quantitative estimate of drug-likeness (QED) is 0.623. The molecule has 148 valence electrons. The van der Waals surface area contributed by atoms with Gasteiger partial charge < -0.3 is 19.5 Å². The van der Waals surface area contributed by atoms with E-state index in [9.17, 15) is 4.79 Å². The van der Waals surface area contributed by atoms with E-state index in [1.54, 1.807) is 12.1 Å². The number of hydrogen-bond donors (Lipinski definition) is 1. The van der Waals surface area contributed by atoms with Crippen LogP contribution < -0.4 is 19.5 Å². The van der Waals surface area contributed by atoms with Crippen LogP contribution in [0, 0.1) is 11.3 Å². The van der Waals surface area contributed by atoms with Crippen LogP contribution >= 0.6 is 15.9 Å². The van der Waals surface area contributed by atoms with Crippen molar-refractivity contribution in [3.05, 3.63) is 52.0 Å². The van der Waals surface area contributed by atoms with Crippen LogP contribution in [0.1, 0.15) is 31.9 Å². The number of rotatable bonds is 9. The first-order chi connectivity index (χ1) is 13.4. The lowest BCUT2D eigenvalue weighted by Gasteiger charge is -2.14. The van der Waals surface area contributed by atoms with E-state index in [1.807, 2.05) is 45.0 Å². The summed E-state index contributed by atoms with van der Waals surface area (Å²) in [5.41, 5.74) is 1.40. The number of halogens is 1. The van der Waals surface area contributed by atoms with Crippen molar-refractivity contribution in [2.24, 2.45) is 0 Å². The van der Waals surface area contributed by atoms with Crippen LogP contribution in [-0.2, 0) is 11.3 Å². The van der Waals surface area contributed by atoms with Gasteiger partial charge in [-0.05, 0) is 60.5 Å². The summed E-state index contributed by atoms with van der Waals surface area (Å²) in [4.78, 5) is 12.1. The summed E-state index contributed by atoms with van der Waals surface area (Å²) in [6.45, 7) is 6.41. The Hall–Kier alpha value is -2.72. The zero-order valence-electron chi connectivity index (χ0n) is 16.1. The van der Waals surface area contributed by atoms with Gasteiger partial charge in [0, 0.05) is 12.6 Å². The molecule has 6 nitrogen and oxygen atoms in total. The van der Waals surface area contributed by atoms with E-state index in [2.05, 4.69) is 27.3 Å². The van der Waals surface area contributed by atoms with E-state index in [0.29, 0.717) is 34.7 Å². The molecule has 28 heavy (non-hydrogen) atoms. The number of ether oxygens (including phenoxy) is 3. The fourth-order valence-electron chi connectivity index (χ4n) is 2.38. The van der Waals surface area contributed by atoms with Crippen molar-refractivity contribution in [2.45, 2.75) is 33.4 Å². The Labute approximate surface area is 173 Å². The molecular weight excluding hydrogens is 424 g/mol. The van der Waals surface area contributed by atoms with E-state index in [4.69, 9.17) is 19.5 Å². The molecule has 0 aliphatic heterocycles. The number of benzene rings is 2. The topological polar surface area (TPSA) is 80.6 Å². The molecule has 2 aromatic carbocycles. The second kappa shape index (κ2) is 10.6. The molecule has 0 aliphatic rings. The van der Waals surface area contributed by atoms with Crippen molar-refractivity contribution < 1.29 is 19.0 Å². The standard InChI is InChI=1S/C21H23BrN2O4/c1-4-26-19-10-16(11-23)9-18(22)21(19)27-13-20(25)24-12-15-5-7-17(8-6-15)28-14(2)3/h5-10,14H,4,12-13H2,1-3H3,(H,24,25).